The number of aromatic nitrogens is 1. The van der Waals surface area contributed by atoms with Crippen LogP contribution in [0.25, 0.3) is 0 Å². The van der Waals surface area contributed by atoms with E-state index in [4.69, 9.17) is 10.1 Å². The van der Waals surface area contributed by atoms with E-state index in [2.05, 4.69) is 20.8 Å². The molecule has 4 nitrogen and oxygen atoms in total. The summed E-state index contributed by atoms with van der Waals surface area (Å²) in [6.07, 6.45) is 0.861. The first-order chi connectivity index (χ1) is 8.29. The number of carboxylic acid groups (broad SMARTS) is 1. The molecule has 2 rings (SSSR count). The number of aliphatic carboxylic acids is 1. The minimum atomic E-state index is -0.751. The highest BCUT2D eigenvalue weighted by Gasteiger charge is 2.29. The number of rotatable bonds is 2. The quantitative estimate of drug-likeness (QED) is 0.894. The number of carbonyl (C=O) groups is 1. The molecule has 0 aliphatic carbocycles. The molecule has 1 atom stereocenters. The van der Waals surface area contributed by atoms with Crippen LogP contribution in [-0.2, 0) is 23.2 Å². The van der Waals surface area contributed by atoms with E-state index in [0.29, 0.717) is 0 Å². The molecule has 1 N–H and O–H groups in total. The van der Waals surface area contributed by atoms with E-state index in [0.717, 1.165) is 24.5 Å². The Balaban J connectivity index is 2.20. The van der Waals surface area contributed by atoms with E-state index in [9.17, 15) is 4.79 Å². The van der Waals surface area contributed by atoms with E-state index in [1.165, 1.54) is 10.6 Å². The third-order valence-corrected chi connectivity index (χ3v) is 4.82. The molecule has 0 saturated heterocycles. The summed E-state index contributed by atoms with van der Waals surface area (Å²) in [7, 11) is 0. The molecule has 0 fully saturated rings. The zero-order valence-corrected chi connectivity index (χ0v) is 12.2. The molecular weight excluding hydrogens is 248 g/mol. The van der Waals surface area contributed by atoms with E-state index in [1.54, 1.807) is 18.3 Å². The molecule has 1 aliphatic rings. The Bertz CT molecular complexity index is 462. The van der Waals surface area contributed by atoms with E-state index < -0.39 is 12.0 Å². The minimum absolute atomic E-state index is 0.0747. The van der Waals surface area contributed by atoms with Gasteiger partial charge in [-0.05, 0) is 6.92 Å². The van der Waals surface area contributed by atoms with Gasteiger partial charge in [-0.1, -0.05) is 20.8 Å². The molecule has 0 amide bonds. The van der Waals surface area contributed by atoms with Crippen molar-refractivity contribution >= 4 is 17.3 Å². The Labute approximate surface area is 112 Å². The fourth-order valence-electron chi connectivity index (χ4n) is 2.02. The molecule has 5 heteroatoms. The zero-order valence-electron chi connectivity index (χ0n) is 11.4. The molecule has 18 heavy (non-hydrogen) atoms. The molecule has 0 saturated carbocycles. The van der Waals surface area contributed by atoms with E-state index >= 15 is 0 Å². The van der Waals surface area contributed by atoms with Gasteiger partial charge in [-0.2, -0.15) is 0 Å². The summed E-state index contributed by atoms with van der Waals surface area (Å²) < 4.78 is 0. The Kier molecular flexibility index (Phi) is 3.47. The number of carboxylic acids is 1. The highest BCUT2D eigenvalue weighted by Crippen LogP contribution is 2.32. The standard InChI is InChI=1S/C13H20N2O2S/c1-8(11(16)17)15-6-5-9-10(7-15)18-12(14-9)13(2,3)4/h8H,5-7H2,1-4H3,(H,16,17). The van der Waals surface area contributed by atoms with Crippen molar-refractivity contribution < 1.29 is 9.90 Å². The maximum atomic E-state index is 11.0. The van der Waals surface area contributed by atoms with Crippen LogP contribution in [-0.4, -0.2) is 33.5 Å². The van der Waals surface area contributed by atoms with Crippen molar-refractivity contribution in [1.82, 2.24) is 9.88 Å². The lowest BCUT2D eigenvalue weighted by Gasteiger charge is -2.29. The lowest BCUT2D eigenvalue weighted by Crippen LogP contribution is -2.41. The van der Waals surface area contributed by atoms with Crippen LogP contribution >= 0.6 is 11.3 Å². The monoisotopic (exact) mass is 268 g/mol. The van der Waals surface area contributed by atoms with Gasteiger partial charge in [0.1, 0.15) is 6.04 Å². The van der Waals surface area contributed by atoms with Gasteiger partial charge in [0.15, 0.2) is 0 Å². The van der Waals surface area contributed by atoms with Gasteiger partial charge in [-0.3, -0.25) is 9.69 Å². The molecule has 0 bridgehead atoms. The first-order valence-corrected chi connectivity index (χ1v) is 7.06. The van der Waals surface area contributed by atoms with E-state index in [1.807, 2.05) is 4.90 Å². The predicted octanol–water partition coefficient (Wildman–Crippen LogP) is 2.27. The molecule has 1 aromatic heterocycles. The summed E-state index contributed by atoms with van der Waals surface area (Å²) in [6.45, 7) is 9.74. The first-order valence-electron chi connectivity index (χ1n) is 6.25. The number of hydrogen-bond donors (Lipinski definition) is 1. The first kappa shape index (κ1) is 13.5. The van der Waals surface area contributed by atoms with Gasteiger partial charge in [-0.15, -0.1) is 11.3 Å². The second kappa shape index (κ2) is 4.63. The Hall–Kier alpha value is -0.940. The summed E-state index contributed by atoms with van der Waals surface area (Å²) >= 11 is 1.73. The summed E-state index contributed by atoms with van der Waals surface area (Å²) in [5, 5.41) is 10.2. The largest absolute Gasteiger partial charge is 0.480 e. The van der Waals surface area contributed by atoms with Gasteiger partial charge < -0.3 is 5.11 Å². The van der Waals surface area contributed by atoms with Crippen LogP contribution < -0.4 is 0 Å². The number of fused-ring (bicyclic) bond motifs is 1. The average Bonchev–Trinajstić information content (AvgIpc) is 2.69. The maximum absolute atomic E-state index is 11.0. The second-order valence-electron chi connectivity index (χ2n) is 5.87. The lowest BCUT2D eigenvalue weighted by atomic mass is 9.98. The minimum Gasteiger partial charge on any atom is -0.480 e. The molecule has 1 aromatic rings. The molecule has 0 radical (unpaired) electrons. The van der Waals surface area contributed by atoms with Crippen molar-refractivity contribution in [2.45, 2.75) is 52.1 Å². The van der Waals surface area contributed by atoms with Crippen molar-refractivity contribution in [3.63, 3.8) is 0 Å². The highest BCUT2D eigenvalue weighted by atomic mass is 32.1. The molecular formula is C13H20N2O2S. The molecule has 1 aliphatic heterocycles. The third-order valence-electron chi connectivity index (χ3n) is 3.31. The van der Waals surface area contributed by atoms with Crippen LogP contribution in [0.3, 0.4) is 0 Å². The second-order valence-corrected chi connectivity index (χ2v) is 6.96. The van der Waals surface area contributed by atoms with E-state index in [-0.39, 0.29) is 5.41 Å². The Morgan fingerprint density at radius 3 is 2.72 bits per heavy atom. The van der Waals surface area contributed by atoms with Gasteiger partial charge in [-0.25, -0.2) is 4.98 Å². The SMILES string of the molecule is CC(C(=O)O)N1CCc2nc(C(C)(C)C)sc2C1. The zero-order chi connectivity index (χ0) is 13.5. The molecule has 0 aromatic carbocycles. The van der Waals surface area contributed by atoms with Gasteiger partial charge in [0.05, 0.1) is 10.7 Å². The molecule has 1 unspecified atom stereocenters. The summed E-state index contributed by atoms with van der Waals surface area (Å²) in [4.78, 5) is 19.0. The Morgan fingerprint density at radius 2 is 2.17 bits per heavy atom. The van der Waals surface area contributed by atoms with Crippen LogP contribution in [0.4, 0.5) is 0 Å². The highest BCUT2D eigenvalue weighted by molar-refractivity contribution is 7.11. The molecule has 2 heterocycles. The fourth-order valence-corrected chi connectivity index (χ4v) is 3.21. The summed E-state index contributed by atoms with van der Waals surface area (Å²) in [5.74, 6) is -0.751. The fraction of sp³-hybridized carbons (Fsp3) is 0.692. The smallest absolute Gasteiger partial charge is 0.320 e. The van der Waals surface area contributed by atoms with Crippen molar-refractivity contribution in [1.29, 1.82) is 0 Å². The van der Waals surface area contributed by atoms with Crippen LogP contribution in [0.2, 0.25) is 0 Å². The van der Waals surface area contributed by atoms with Crippen LogP contribution in [0, 0.1) is 0 Å². The summed E-state index contributed by atoms with van der Waals surface area (Å²) in [5.41, 5.74) is 1.24. The average molecular weight is 268 g/mol. The lowest BCUT2D eigenvalue weighted by molar-refractivity contribution is -0.142. The van der Waals surface area contributed by atoms with Crippen molar-refractivity contribution in [3.8, 4) is 0 Å². The van der Waals surface area contributed by atoms with Gasteiger partial charge in [0.2, 0.25) is 0 Å². The number of nitrogens with zero attached hydrogens (tertiary/aromatic N) is 2. The topological polar surface area (TPSA) is 53.4 Å². The number of thiazole rings is 1. The van der Waals surface area contributed by atoms with Crippen molar-refractivity contribution in [2.75, 3.05) is 6.54 Å². The van der Waals surface area contributed by atoms with Gasteiger partial charge in [0, 0.05) is 29.8 Å². The molecule has 100 valence electrons. The van der Waals surface area contributed by atoms with Crippen LogP contribution in [0.5, 0.6) is 0 Å². The van der Waals surface area contributed by atoms with Gasteiger partial charge in [0.25, 0.3) is 0 Å². The van der Waals surface area contributed by atoms with Gasteiger partial charge >= 0.3 is 5.97 Å². The third kappa shape index (κ3) is 2.57. The predicted molar refractivity (Wildman–Crippen MR) is 72.0 cm³/mol. The summed E-state index contributed by atoms with van der Waals surface area (Å²) in [6, 6.07) is -0.418. The van der Waals surface area contributed by atoms with Crippen molar-refractivity contribution in [3.05, 3.63) is 15.6 Å². The number of hydrogen-bond acceptors (Lipinski definition) is 4. The van der Waals surface area contributed by atoms with Crippen LogP contribution in [0.15, 0.2) is 0 Å². The van der Waals surface area contributed by atoms with Crippen molar-refractivity contribution in [2.24, 2.45) is 0 Å². The normalized spacial score (nSPS) is 18.4. The molecule has 0 spiro atoms. The van der Waals surface area contributed by atoms with Crippen LogP contribution in [0.1, 0.15) is 43.3 Å². The Morgan fingerprint density at radius 1 is 1.50 bits per heavy atom. The maximum Gasteiger partial charge on any atom is 0.320 e.